The van der Waals surface area contributed by atoms with Crippen LogP contribution in [0.1, 0.15) is 0 Å². The lowest BCUT2D eigenvalue weighted by Gasteiger charge is -2.03. The van der Waals surface area contributed by atoms with Crippen LogP contribution in [-0.4, -0.2) is 10.1 Å². The summed E-state index contributed by atoms with van der Waals surface area (Å²) in [6.07, 6.45) is 0. The van der Waals surface area contributed by atoms with E-state index >= 15 is 0 Å². The van der Waals surface area contributed by atoms with E-state index in [0.29, 0.717) is 5.01 Å². The predicted molar refractivity (Wildman–Crippen MR) is 82.7 cm³/mol. The number of phenolic OH excluding ortho intramolecular Hbond substituents is 1. The van der Waals surface area contributed by atoms with Crippen molar-refractivity contribution in [1.29, 1.82) is 0 Å². The van der Waals surface area contributed by atoms with Gasteiger partial charge < -0.3 is 9.52 Å². The number of benzene rings is 2. The summed E-state index contributed by atoms with van der Waals surface area (Å²) in [6.45, 7) is 0. The highest BCUT2D eigenvalue weighted by Gasteiger charge is 2.19. The number of nitrogens with zero attached hydrogens (tertiary/aromatic N) is 1. The first-order valence-electron chi connectivity index (χ1n) is 6.55. The van der Waals surface area contributed by atoms with E-state index in [2.05, 4.69) is 4.98 Å². The van der Waals surface area contributed by atoms with Gasteiger partial charge in [-0.25, -0.2) is 14.2 Å². The molecule has 0 amide bonds. The van der Waals surface area contributed by atoms with Crippen molar-refractivity contribution in [3.63, 3.8) is 0 Å². The summed E-state index contributed by atoms with van der Waals surface area (Å²) < 4.78 is 33.1. The van der Waals surface area contributed by atoms with Crippen molar-refractivity contribution in [2.75, 3.05) is 0 Å². The Kier molecular flexibility index (Phi) is 2.92. The normalized spacial score (nSPS) is 11.4. The van der Waals surface area contributed by atoms with Crippen LogP contribution in [0, 0.1) is 11.6 Å². The Morgan fingerprint density at radius 1 is 1.17 bits per heavy atom. The van der Waals surface area contributed by atoms with Gasteiger partial charge in [-0.1, -0.05) is 12.1 Å². The van der Waals surface area contributed by atoms with E-state index in [4.69, 9.17) is 4.42 Å². The van der Waals surface area contributed by atoms with E-state index in [1.54, 1.807) is 6.07 Å². The zero-order valence-corrected chi connectivity index (χ0v) is 12.2. The van der Waals surface area contributed by atoms with Crippen LogP contribution >= 0.6 is 11.3 Å². The Balaban J connectivity index is 2.02. The van der Waals surface area contributed by atoms with E-state index in [1.165, 1.54) is 17.4 Å². The van der Waals surface area contributed by atoms with Gasteiger partial charge in [0.25, 0.3) is 0 Å². The Hall–Kier alpha value is -2.80. The average molecular weight is 331 g/mol. The molecule has 0 aliphatic carbocycles. The number of hydrogen-bond acceptors (Lipinski definition) is 5. The first-order valence-corrected chi connectivity index (χ1v) is 7.37. The molecule has 0 bridgehead atoms. The van der Waals surface area contributed by atoms with Crippen LogP contribution in [0.5, 0.6) is 5.75 Å². The third kappa shape index (κ3) is 2.08. The third-order valence-corrected chi connectivity index (χ3v) is 4.49. The lowest BCUT2D eigenvalue weighted by molar-refractivity contribution is 0.392. The zero-order chi connectivity index (χ0) is 16.1. The van der Waals surface area contributed by atoms with Crippen molar-refractivity contribution < 1.29 is 18.3 Å². The van der Waals surface area contributed by atoms with E-state index in [-0.39, 0.29) is 10.9 Å². The molecular formula is C16H7F2NO3S. The zero-order valence-electron chi connectivity index (χ0n) is 11.3. The maximum Gasteiger partial charge on any atom is 0.346 e. The largest absolute Gasteiger partial charge is 0.503 e. The molecule has 7 heteroatoms. The molecule has 114 valence electrons. The number of rotatable bonds is 1. The Labute approximate surface area is 131 Å². The van der Waals surface area contributed by atoms with Crippen molar-refractivity contribution in [2.45, 2.75) is 0 Å². The number of aromatic hydroxyl groups is 1. The minimum Gasteiger partial charge on any atom is -0.503 e. The van der Waals surface area contributed by atoms with Gasteiger partial charge in [-0.2, -0.15) is 4.39 Å². The smallest absolute Gasteiger partial charge is 0.346 e. The highest BCUT2D eigenvalue weighted by molar-refractivity contribution is 7.21. The molecule has 4 nitrogen and oxygen atoms in total. The third-order valence-electron chi connectivity index (χ3n) is 3.42. The Morgan fingerprint density at radius 2 is 1.96 bits per heavy atom. The molecule has 0 saturated heterocycles. The van der Waals surface area contributed by atoms with Gasteiger partial charge in [-0.05, 0) is 24.3 Å². The van der Waals surface area contributed by atoms with Gasteiger partial charge in [0.15, 0.2) is 17.1 Å². The van der Waals surface area contributed by atoms with Gasteiger partial charge in [0.1, 0.15) is 5.01 Å². The first kappa shape index (κ1) is 13.8. The maximum atomic E-state index is 13.8. The van der Waals surface area contributed by atoms with Crippen LogP contribution in [-0.2, 0) is 0 Å². The molecule has 0 spiro atoms. The molecular weight excluding hydrogens is 324 g/mol. The summed E-state index contributed by atoms with van der Waals surface area (Å²) in [6, 6.07) is 9.55. The number of aromatic nitrogens is 1. The Bertz CT molecular complexity index is 1100. The molecule has 0 saturated carbocycles. The minimum atomic E-state index is -1.30. The summed E-state index contributed by atoms with van der Waals surface area (Å²) in [4.78, 5) is 16.5. The molecule has 2 heterocycles. The summed E-state index contributed by atoms with van der Waals surface area (Å²) in [7, 11) is 0. The van der Waals surface area contributed by atoms with Crippen molar-refractivity contribution in [3.05, 3.63) is 58.5 Å². The van der Waals surface area contributed by atoms with Crippen LogP contribution in [0.25, 0.3) is 31.8 Å². The summed E-state index contributed by atoms with van der Waals surface area (Å²) >= 11 is 1.28. The molecule has 2 aromatic carbocycles. The monoisotopic (exact) mass is 331 g/mol. The molecule has 2 aromatic heterocycles. The van der Waals surface area contributed by atoms with Crippen LogP contribution in [0.3, 0.4) is 0 Å². The number of fused-ring (bicyclic) bond motifs is 2. The summed E-state index contributed by atoms with van der Waals surface area (Å²) in [5.74, 6) is -3.60. The van der Waals surface area contributed by atoms with Crippen molar-refractivity contribution in [3.8, 4) is 16.3 Å². The predicted octanol–water partition coefficient (Wildman–Crippen LogP) is 4.05. The second kappa shape index (κ2) is 4.85. The average Bonchev–Trinajstić information content (AvgIpc) is 2.97. The molecule has 0 unspecified atom stereocenters. The molecule has 0 aliphatic rings. The number of hydrogen-bond donors (Lipinski definition) is 1. The number of thiazole rings is 1. The fraction of sp³-hybridized carbons (Fsp3) is 0. The van der Waals surface area contributed by atoms with E-state index in [9.17, 15) is 18.7 Å². The van der Waals surface area contributed by atoms with E-state index < -0.39 is 28.6 Å². The summed E-state index contributed by atoms with van der Waals surface area (Å²) in [5.41, 5.74) is -0.460. The first-order chi connectivity index (χ1) is 11.0. The van der Waals surface area contributed by atoms with Gasteiger partial charge in [0.05, 0.1) is 15.8 Å². The fourth-order valence-electron chi connectivity index (χ4n) is 2.32. The van der Waals surface area contributed by atoms with E-state index in [1.807, 2.05) is 18.2 Å². The minimum absolute atomic E-state index is 0.0339. The van der Waals surface area contributed by atoms with Crippen LogP contribution in [0.15, 0.2) is 45.6 Å². The van der Waals surface area contributed by atoms with Gasteiger partial charge in [-0.3, -0.25) is 0 Å². The highest BCUT2D eigenvalue weighted by Crippen LogP contribution is 2.32. The molecule has 4 rings (SSSR count). The lowest BCUT2D eigenvalue weighted by Crippen LogP contribution is -2.03. The van der Waals surface area contributed by atoms with Gasteiger partial charge in [0, 0.05) is 5.39 Å². The number of para-hydroxylation sites is 1. The second-order valence-corrected chi connectivity index (χ2v) is 5.90. The van der Waals surface area contributed by atoms with Gasteiger partial charge >= 0.3 is 5.63 Å². The standard InChI is InChI=1S/C16H7F2NO3S/c17-9-6-7-5-8(16(21)22-14(7)12(18)13(9)20)15-19-10-3-1-2-4-11(10)23-15/h1-6,20H. The molecule has 4 aromatic rings. The molecule has 23 heavy (non-hydrogen) atoms. The van der Waals surface area contributed by atoms with Crippen molar-refractivity contribution in [2.24, 2.45) is 0 Å². The van der Waals surface area contributed by atoms with E-state index in [0.717, 1.165) is 16.3 Å². The maximum absolute atomic E-state index is 13.8. The number of halogens is 2. The highest BCUT2D eigenvalue weighted by atomic mass is 32.1. The molecule has 0 atom stereocenters. The Morgan fingerprint density at radius 3 is 2.74 bits per heavy atom. The van der Waals surface area contributed by atoms with Gasteiger partial charge in [0.2, 0.25) is 5.82 Å². The molecule has 0 radical (unpaired) electrons. The second-order valence-electron chi connectivity index (χ2n) is 4.87. The fourth-order valence-corrected chi connectivity index (χ4v) is 3.29. The van der Waals surface area contributed by atoms with Gasteiger partial charge in [-0.15, -0.1) is 11.3 Å². The molecule has 1 N–H and O–H groups in total. The lowest BCUT2D eigenvalue weighted by atomic mass is 10.1. The van der Waals surface area contributed by atoms with Crippen molar-refractivity contribution >= 4 is 32.5 Å². The van der Waals surface area contributed by atoms with Crippen LogP contribution < -0.4 is 5.63 Å². The summed E-state index contributed by atoms with van der Waals surface area (Å²) in [5, 5.41) is 9.69. The number of phenols is 1. The quantitative estimate of drug-likeness (QED) is 0.534. The molecule has 0 fully saturated rings. The van der Waals surface area contributed by atoms with Crippen LogP contribution in [0.2, 0.25) is 0 Å². The topological polar surface area (TPSA) is 63.3 Å². The van der Waals surface area contributed by atoms with Crippen LogP contribution in [0.4, 0.5) is 8.78 Å². The SMILES string of the molecule is O=c1oc2c(F)c(O)c(F)cc2cc1-c1nc2ccccc2s1. The molecule has 0 aliphatic heterocycles. The van der Waals surface area contributed by atoms with Crippen molar-refractivity contribution in [1.82, 2.24) is 4.98 Å².